The Labute approximate surface area is 40.0 Å². The summed E-state index contributed by atoms with van der Waals surface area (Å²) in [5.74, 6) is -4.23. The first-order valence-corrected chi connectivity index (χ1v) is 1.62. The van der Waals surface area contributed by atoms with Gasteiger partial charge >= 0.3 is 5.97 Å². The first-order chi connectivity index (χ1) is 2.94. The van der Waals surface area contributed by atoms with Crippen LogP contribution in [0.5, 0.6) is 0 Å². The van der Waals surface area contributed by atoms with Crippen molar-refractivity contribution in [1.82, 2.24) is 0 Å². The third-order valence-electron chi connectivity index (χ3n) is 0.405. The highest BCUT2D eigenvalue weighted by atomic mass is 16.5. The van der Waals surface area contributed by atoms with E-state index in [1.165, 1.54) is 0 Å². The number of carboxylic acids is 1. The predicted molar refractivity (Wildman–Crippen MR) is 20.5 cm³/mol. The van der Waals surface area contributed by atoms with Crippen LogP contribution >= 0.6 is 0 Å². The van der Waals surface area contributed by atoms with Crippen molar-refractivity contribution >= 4 is 5.97 Å². The summed E-state index contributed by atoms with van der Waals surface area (Å²) >= 11 is 0. The van der Waals surface area contributed by atoms with Gasteiger partial charge in [-0.3, -0.25) is 0 Å². The first-order valence-electron chi connectivity index (χ1n) is 1.62. The van der Waals surface area contributed by atoms with Gasteiger partial charge in [0.1, 0.15) is 0 Å². The lowest BCUT2D eigenvalue weighted by molar-refractivity contribution is -0.196. The molecule has 0 radical (unpaired) electrons. The lowest BCUT2D eigenvalue weighted by Gasteiger charge is -2.06. The van der Waals surface area contributed by atoms with E-state index in [2.05, 4.69) is 0 Å². The van der Waals surface area contributed by atoms with Crippen LogP contribution in [0.15, 0.2) is 0 Å². The van der Waals surface area contributed by atoms with E-state index in [1.54, 1.807) is 0 Å². The van der Waals surface area contributed by atoms with Crippen LogP contribution in [0.2, 0.25) is 0 Å². The van der Waals surface area contributed by atoms with E-state index < -0.39 is 11.8 Å². The van der Waals surface area contributed by atoms with Crippen molar-refractivity contribution in [3.05, 3.63) is 0 Å². The Kier molecular flexibility index (Phi) is 1.35. The van der Waals surface area contributed by atoms with Crippen LogP contribution < -0.4 is 0 Å². The molecule has 0 bridgehead atoms. The summed E-state index contributed by atoms with van der Waals surface area (Å²) in [5, 5.41) is 23.9. The zero-order valence-electron chi connectivity index (χ0n) is 3.75. The third kappa shape index (κ3) is 2.13. The molecule has 0 amide bonds. The van der Waals surface area contributed by atoms with Crippen LogP contribution in [-0.4, -0.2) is 27.1 Å². The van der Waals surface area contributed by atoms with E-state index >= 15 is 0 Å². The normalized spacial score (nSPS) is 11.3. The summed E-state index contributed by atoms with van der Waals surface area (Å²) in [5.41, 5.74) is 0. The predicted octanol–water partition coefficient (Wildman–Crippen LogP) is -1.23. The van der Waals surface area contributed by atoms with E-state index in [0.717, 1.165) is 6.92 Å². The topological polar surface area (TPSA) is 77.8 Å². The lowest BCUT2D eigenvalue weighted by atomic mass is 10.3. The fraction of sp³-hybridized carbons (Fsp3) is 0.667. The standard InChI is InChI=1S/C3H6O4/c1-3(6,7)2(4)5/h6-7H,1H3,(H,4,5). The van der Waals surface area contributed by atoms with Gasteiger partial charge in [-0.2, -0.15) is 0 Å². The minimum absolute atomic E-state index is 0.773. The molecule has 3 N–H and O–H groups in total. The Morgan fingerprint density at radius 3 is 1.71 bits per heavy atom. The highest BCUT2D eigenvalue weighted by Gasteiger charge is 2.24. The molecule has 0 saturated carbocycles. The van der Waals surface area contributed by atoms with Crippen molar-refractivity contribution in [2.24, 2.45) is 0 Å². The maximum absolute atomic E-state index is 9.52. The van der Waals surface area contributed by atoms with Crippen molar-refractivity contribution in [3.63, 3.8) is 0 Å². The molecule has 0 rings (SSSR count). The zero-order valence-corrected chi connectivity index (χ0v) is 3.75. The second-order valence-corrected chi connectivity index (χ2v) is 1.33. The average Bonchev–Trinajstić information content (AvgIpc) is 1.31. The van der Waals surface area contributed by atoms with Crippen LogP contribution in [0.25, 0.3) is 0 Å². The Bertz CT molecular complexity index is 79.4. The van der Waals surface area contributed by atoms with Gasteiger partial charge < -0.3 is 15.3 Å². The van der Waals surface area contributed by atoms with Gasteiger partial charge in [-0.1, -0.05) is 0 Å². The van der Waals surface area contributed by atoms with E-state index in [1.807, 2.05) is 0 Å². The van der Waals surface area contributed by atoms with Crippen LogP contribution in [0.3, 0.4) is 0 Å². The molecule has 0 aliphatic rings. The molecule has 0 spiro atoms. The van der Waals surface area contributed by atoms with Crippen LogP contribution in [0, 0.1) is 0 Å². The number of aliphatic hydroxyl groups is 2. The molecule has 0 aromatic carbocycles. The van der Waals surface area contributed by atoms with Crippen molar-refractivity contribution in [2.75, 3.05) is 0 Å². The molecule has 4 heteroatoms. The molecule has 0 aliphatic heterocycles. The maximum Gasteiger partial charge on any atom is 0.363 e. The molecule has 0 unspecified atom stereocenters. The molecule has 0 heterocycles. The molecule has 4 nitrogen and oxygen atoms in total. The molecular formula is C3H6O4. The van der Waals surface area contributed by atoms with Crippen LogP contribution in [0.1, 0.15) is 6.92 Å². The summed E-state index contributed by atoms with van der Waals surface area (Å²) in [4.78, 5) is 9.52. The summed E-state index contributed by atoms with van der Waals surface area (Å²) in [6.45, 7) is 0.773. The van der Waals surface area contributed by atoms with E-state index in [0.29, 0.717) is 0 Å². The van der Waals surface area contributed by atoms with Gasteiger partial charge in [0.05, 0.1) is 0 Å². The molecule has 0 aromatic heterocycles. The Balaban J connectivity index is 3.79. The van der Waals surface area contributed by atoms with E-state index in [9.17, 15) is 4.79 Å². The molecule has 42 valence electrons. The summed E-state index contributed by atoms with van der Waals surface area (Å²) < 4.78 is 0. The fourth-order valence-corrected chi connectivity index (χ4v) is 0. The van der Waals surface area contributed by atoms with Gasteiger partial charge in [0.15, 0.2) is 0 Å². The van der Waals surface area contributed by atoms with Gasteiger partial charge in [0, 0.05) is 6.92 Å². The van der Waals surface area contributed by atoms with Crippen molar-refractivity contribution in [2.45, 2.75) is 12.7 Å². The smallest absolute Gasteiger partial charge is 0.363 e. The monoisotopic (exact) mass is 106 g/mol. The molecule has 0 fully saturated rings. The minimum atomic E-state index is -2.58. The maximum atomic E-state index is 9.52. The van der Waals surface area contributed by atoms with Crippen molar-refractivity contribution in [3.8, 4) is 0 Å². The summed E-state index contributed by atoms with van der Waals surface area (Å²) in [6, 6.07) is 0. The molecule has 7 heavy (non-hydrogen) atoms. The van der Waals surface area contributed by atoms with Crippen LogP contribution in [0.4, 0.5) is 0 Å². The highest BCUT2D eigenvalue weighted by molar-refractivity contribution is 5.74. The van der Waals surface area contributed by atoms with Gasteiger partial charge in [-0.25, -0.2) is 4.79 Å². The minimum Gasteiger partial charge on any atom is -0.477 e. The highest BCUT2D eigenvalue weighted by Crippen LogP contribution is 1.93. The van der Waals surface area contributed by atoms with Gasteiger partial charge in [0.2, 0.25) is 0 Å². The molecule has 0 aliphatic carbocycles. The van der Waals surface area contributed by atoms with E-state index in [4.69, 9.17) is 15.3 Å². The second-order valence-electron chi connectivity index (χ2n) is 1.33. The Morgan fingerprint density at radius 2 is 1.71 bits per heavy atom. The number of carboxylic acid groups (broad SMARTS) is 1. The van der Waals surface area contributed by atoms with Gasteiger partial charge in [-0.15, -0.1) is 0 Å². The quantitative estimate of drug-likeness (QED) is 0.366. The number of hydrogen-bond acceptors (Lipinski definition) is 3. The summed E-state index contributed by atoms with van der Waals surface area (Å²) in [7, 11) is 0. The number of carbonyl (C=O) groups is 1. The zero-order chi connectivity index (χ0) is 6.08. The molecule has 0 saturated heterocycles. The van der Waals surface area contributed by atoms with Gasteiger partial charge in [-0.05, 0) is 0 Å². The lowest BCUT2D eigenvalue weighted by Crippen LogP contribution is -2.33. The molecular weight excluding hydrogens is 100 g/mol. The SMILES string of the molecule is CC(O)(O)C(=O)O. The van der Waals surface area contributed by atoms with Crippen molar-refractivity contribution in [1.29, 1.82) is 0 Å². The number of hydrogen-bond donors (Lipinski definition) is 3. The molecule has 0 aromatic rings. The van der Waals surface area contributed by atoms with Crippen LogP contribution in [-0.2, 0) is 4.79 Å². The first kappa shape index (κ1) is 6.39. The third-order valence-corrected chi connectivity index (χ3v) is 0.405. The number of rotatable bonds is 1. The van der Waals surface area contributed by atoms with E-state index in [-0.39, 0.29) is 0 Å². The van der Waals surface area contributed by atoms with Crippen molar-refractivity contribution < 1.29 is 20.1 Å². The Hall–Kier alpha value is -0.610. The number of aliphatic carboxylic acids is 1. The summed E-state index contributed by atoms with van der Waals surface area (Å²) in [6.07, 6.45) is 0. The second kappa shape index (κ2) is 1.48. The Morgan fingerprint density at radius 1 is 1.57 bits per heavy atom. The van der Waals surface area contributed by atoms with Gasteiger partial charge in [0.25, 0.3) is 5.79 Å². The molecule has 0 atom stereocenters. The largest absolute Gasteiger partial charge is 0.477 e. The fourth-order valence-electron chi connectivity index (χ4n) is 0. The average molecular weight is 106 g/mol.